The average molecular weight is 585 g/mol. The second-order valence-electron chi connectivity index (χ2n) is 16.0. The zero-order chi connectivity index (χ0) is 30.4. The summed E-state index contributed by atoms with van der Waals surface area (Å²) in [5.74, 6) is 0. The van der Waals surface area contributed by atoms with Crippen molar-refractivity contribution in [2.24, 2.45) is 9.49 Å². The highest BCUT2D eigenvalue weighted by atomic mass is 31.2. The number of fused-ring (bicyclic) bond motifs is 2. The summed E-state index contributed by atoms with van der Waals surface area (Å²) < 4.78 is 10.9. The molecule has 0 radical (unpaired) electrons. The summed E-state index contributed by atoms with van der Waals surface area (Å²) in [5.41, 5.74) is 5.17. The Bertz CT molecular complexity index is 1160. The molecule has 0 saturated heterocycles. The van der Waals surface area contributed by atoms with E-state index in [4.69, 9.17) is 9.49 Å². The van der Waals surface area contributed by atoms with E-state index in [-0.39, 0.29) is 20.6 Å². The molecule has 0 amide bonds. The van der Waals surface area contributed by atoms with Gasteiger partial charge >= 0.3 is 0 Å². The molecule has 2 aliphatic rings. The molecule has 4 nitrogen and oxygen atoms in total. The first-order valence-corrected chi connectivity index (χ1v) is 18.7. The lowest BCUT2D eigenvalue weighted by molar-refractivity contribution is 0.378. The van der Waals surface area contributed by atoms with Crippen molar-refractivity contribution in [2.45, 2.75) is 117 Å². The smallest absolute Gasteiger partial charge is 0.0659 e. The van der Waals surface area contributed by atoms with E-state index in [0.29, 0.717) is 0 Å². The lowest BCUT2D eigenvalue weighted by atomic mass is 10.2. The van der Waals surface area contributed by atoms with Gasteiger partial charge in [-0.05, 0) is 58.0 Å². The van der Waals surface area contributed by atoms with E-state index in [1.807, 2.05) is 0 Å². The SMILES string of the molecule is CN1Cc2ccccc2N=P(C(C)(C)C)(C(C)(C)C)C1.CN1Cc2ccccc2N=P(C(C)(C)C)(C(C)(C)C)C1. The molecular formula is C34H58N4P2. The lowest BCUT2D eigenvalue weighted by Gasteiger charge is -2.47. The molecule has 0 bridgehead atoms. The van der Waals surface area contributed by atoms with Gasteiger partial charge in [-0.25, -0.2) is 0 Å². The molecule has 0 N–H and O–H groups in total. The van der Waals surface area contributed by atoms with Crippen LogP contribution >= 0.6 is 14.1 Å². The van der Waals surface area contributed by atoms with Crippen LogP contribution in [0, 0.1) is 0 Å². The summed E-state index contributed by atoms with van der Waals surface area (Å²) in [5, 5.41) is 0.877. The van der Waals surface area contributed by atoms with Crippen LogP contribution < -0.4 is 0 Å². The molecule has 0 saturated carbocycles. The molecule has 0 atom stereocenters. The Balaban J connectivity index is 0.000000220. The quantitative estimate of drug-likeness (QED) is 0.288. The van der Waals surface area contributed by atoms with Crippen molar-refractivity contribution in [1.29, 1.82) is 0 Å². The van der Waals surface area contributed by atoms with Crippen LogP contribution in [0.4, 0.5) is 11.4 Å². The second kappa shape index (κ2) is 11.5. The first-order valence-electron chi connectivity index (χ1n) is 14.9. The third-order valence-corrected chi connectivity index (χ3v) is 20.5. The Morgan fingerprint density at radius 3 is 1.05 bits per heavy atom. The third-order valence-electron chi connectivity index (χ3n) is 8.75. The fourth-order valence-electron chi connectivity index (χ4n) is 6.76. The number of hydrogen-bond acceptors (Lipinski definition) is 4. The molecule has 0 aromatic heterocycles. The maximum absolute atomic E-state index is 5.43. The highest BCUT2D eigenvalue weighted by Gasteiger charge is 2.46. The predicted octanol–water partition coefficient (Wildman–Crippen LogP) is 11.0. The predicted molar refractivity (Wildman–Crippen MR) is 183 cm³/mol. The zero-order valence-corrected chi connectivity index (χ0v) is 29.9. The van der Waals surface area contributed by atoms with E-state index in [1.54, 1.807) is 0 Å². The minimum atomic E-state index is -1.54. The Morgan fingerprint density at radius 1 is 0.500 bits per heavy atom. The summed E-state index contributed by atoms with van der Waals surface area (Å²) in [7, 11) is 1.40. The number of benzene rings is 2. The Kier molecular flexibility index (Phi) is 9.57. The monoisotopic (exact) mass is 584 g/mol. The van der Waals surface area contributed by atoms with Gasteiger partial charge in [0.2, 0.25) is 0 Å². The van der Waals surface area contributed by atoms with Crippen LogP contribution in [0.1, 0.15) is 94.2 Å². The molecule has 40 heavy (non-hydrogen) atoms. The molecule has 0 spiro atoms. The molecule has 224 valence electrons. The largest absolute Gasteiger partial charge is 0.296 e. The standard InChI is InChI=1S/2C17H29N2P/c2*1-16(2,3)20(17(4,5)6)13-19(7)12-14-10-8-9-11-15(14)18-20/h2*8-11H,12-13H2,1-7H3. The van der Waals surface area contributed by atoms with Crippen LogP contribution in [0.25, 0.3) is 0 Å². The van der Waals surface area contributed by atoms with Gasteiger partial charge in [0.1, 0.15) is 0 Å². The number of rotatable bonds is 0. The van der Waals surface area contributed by atoms with E-state index >= 15 is 0 Å². The first-order chi connectivity index (χ1) is 18.1. The van der Waals surface area contributed by atoms with E-state index in [1.165, 1.54) is 22.5 Å². The van der Waals surface area contributed by atoms with Crippen LogP contribution in [0.3, 0.4) is 0 Å². The topological polar surface area (TPSA) is 31.2 Å². The second-order valence-corrected chi connectivity index (χ2v) is 25.4. The lowest BCUT2D eigenvalue weighted by Crippen LogP contribution is -2.34. The van der Waals surface area contributed by atoms with Crippen LogP contribution in [0.2, 0.25) is 0 Å². The van der Waals surface area contributed by atoms with Crippen LogP contribution in [0.15, 0.2) is 58.0 Å². The molecule has 2 heterocycles. The van der Waals surface area contributed by atoms with Crippen LogP contribution in [-0.4, -0.2) is 57.1 Å². The third kappa shape index (κ3) is 6.57. The normalized spacial score (nSPS) is 19.9. The van der Waals surface area contributed by atoms with E-state index in [0.717, 1.165) is 25.7 Å². The molecule has 2 aromatic rings. The van der Waals surface area contributed by atoms with Gasteiger partial charge < -0.3 is 0 Å². The van der Waals surface area contributed by atoms with Gasteiger partial charge in [-0.1, -0.05) is 119 Å². The minimum absolute atomic E-state index is 0.219. The van der Waals surface area contributed by atoms with Crippen LogP contribution in [-0.2, 0) is 13.1 Å². The summed E-state index contributed by atoms with van der Waals surface area (Å²) >= 11 is 0. The molecule has 0 fully saturated rings. The van der Waals surface area contributed by atoms with Gasteiger partial charge in [0.05, 0.1) is 11.4 Å². The van der Waals surface area contributed by atoms with Crippen molar-refractivity contribution in [3.63, 3.8) is 0 Å². The van der Waals surface area contributed by atoms with Crippen molar-refractivity contribution in [2.75, 3.05) is 26.7 Å². The van der Waals surface area contributed by atoms with E-state index in [2.05, 4.69) is 156 Å². The minimum Gasteiger partial charge on any atom is -0.296 e. The van der Waals surface area contributed by atoms with Crippen molar-refractivity contribution < 1.29 is 0 Å². The van der Waals surface area contributed by atoms with Gasteiger partial charge in [0, 0.05) is 39.8 Å². The molecule has 4 rings (SSSR count). The summed E-state index contributed by atoms with van der Waals surface area (Å²) in [6.45, 7) is 30.5. The van der Waals surface area contributed by atoms with Gasteiger partial charge in [-0.2, -0.15) is 0 Å². The summed E-state index contributed by atoms with van der Waals surface area (Å²) in [6.07, 6.45) is 2.21. The van der Waals surface area contributed by atoms with Crippen molar-refractivity contribution >= 4 is 25.5 Å². The molecule has 0 unspecified atom stereocenters. The van der Waals surface area contributed by atoms with E-state index < -0.39 is 14.1 Å². The number of nitrogens with zero attached hydrogens (tertiary/aromatic N) is 4. The fraction of sp³-hybridized carbons (Fsp3) is 0.647. The van der Waals surface area contributed by atoms with Gasteiger partial charge in [0.25, 0.3) is 0 Å². The Labute approximate surface area is 247 Å². The van der Waals surface area contributed by atoms with Crippen molar-refractivity contribution in [3.8, 4) is 0 Å². The van der Waals surface area contributed by atoms with Crippen molar-refractivity contribution in [1.82, 2.24) is 9.80 Å². The molecule has 2 aliphatic heterocycles. The number of hydrogen-bond donors (Lipinski definition) is 0. The van der Waals surface area contributed by atoms with E-state index in [9.17, 15) is 0 Å². The summed E-state index contributed by atoms with van der Waals surface area (Å²) in [6, 6.07) is 17.3. The maximum Gasteiger partial charge on any atom is 0.0659 e. The first kappa shape index (κ1) is 33.3. The molecule has 6 heteroatoms. The molecule has 2 aromatic carbocycles. The van der Waals surface area contributed by atoms with Crippen LogP contribution in [0.5, 0.6) is 0 Å². The molecule has 0 aliphatic carbocycles. The van der Waals surface area contributed by atoms with Gasteiger partial charge in [0.15, 0.2) is 0 Å². The molecular weight excluding hydrogens is 526 g/mol. The van der Waals surface area contributed by atoms with Gasteiger partial charge in [-0.15, -0.1) is 0 Å². The Morgan fingerprint density at radius 2 is 0.775 bits per heavy atom. The zero-order valence-electron chi connectivity index (χ0n) is 28.1. The average Bonchev–Trinajstić information content (AvgIpc) is 3.05. The highest BCUT2D eigenvalue weighted by Crippen LogP contribution is 2.72. The van der Waals surface area contributed by atoms with Gasteiger partial charge in [-0.3, -0.25) is 19.3 Å². The fourth-order valence-corrected chi connectivity index (χ4v) is 16.5. The van der Waals surface area contributed by atoms with Crippen molar-refractivity contribution in [3.05, 3.63) is 59.7 Å². The highest BCUT2D eigenvalue weighted by molar-refractivity contribution is 7.69. The summed E-state index contributed by atoms with van der Waals surface area (Å²) in [4.78, 5) is 4.94. The Hall–Kier alpha value is -1.18. The maximum atomic E-state index is 5.43.